The monoisotopic (exact) mass is 482 g/mol. The van der Waals surface area contributed by atoms with Crippen LogP contribution in [0.25, 0.3) is 0 Å². The number of aliphatic imine (C=N–C) groups is 1. The quantitative estimate of drug-likeness (QED) is 0.343. The number of hydrogen-bond acceptors (Lipinski definition) is 4. The maximum absolute atomic E-state index is 11.9. The molecule has 0 aromatic rings. The Morgan fingerprint density at radius 3 is 2.46 bits per heavy atom. The molecule has 0 unspecified atom stereocenters. The first-order chi connectivity index (χ1) is 12.0. The van der Waals surface area contributed by atoms with Crippen LogP contribution in [0.15, 0.2) is 4.99 Å². The van der Waals surface area contributed by atoms with Gasteiger partial charge in [-0.15, -0.1) is 24.0 Å². The summed E-state index contributed by atoms with van der Waals surface area (Å²) in [7, 11) is 5.26. The third kappa shape index (κ3) is 7.56. The maximum atomic E-state index is 11.9. The standard InChI is InChI=1S/C18H34N4O3.HI/c1-22(2)16(23)13-19-17(21-15-7-5-4-6-8-15)20-14-18(24-3)9-11-25-12-10-18;/h15H,4-14H2,1-3H3,(H2,19,20,21);1H. The van der Waals surface area contributed by atoms with Crippen molar-refractivity contribution in [2.45, 2.75) is 56.6 Å². The minimum atomic E-state index is -0.223. The molecule has 7 nitrogen and oxygen atoms in total. The maximum Gasteiger partial charge on any atom is 0.243 e. The number of nitrogens with one attached hydrogen (secondary N) is 2. The number of guanidine groups is 1. The molecule has 0 atom stereocenters. The van der Waals surface area contributed by atoms with Gasteiger partial charge in [0.05, 0.1) is 5.60 Å². The number of carbonyl (C=O) groups is 1. The summed E-state index contributed by atoms with van der Waals surface area (Å²) >= 11 is 0. The van der Waals surface area contributed by atoms with Gasteiger partial charge in [-0.25, -0.2) is 4.99 Å². The number of hydrogen-bond donors (Lipinski definition) is 2. The lowest BCUT2D eigenvalue weighted by molar-refractivity contribution is -0.127. The van der Waals surface area contributed by atoms with Crippen LogP contribution in [0, 0.1) is 0 Å². The van der Waals surface area contributed by atoms with Crippen molar-refractivity contribution in [3.05, 3.63) is 0 Å². The van der Waals surface area contributed by atoms with Gasteiger partial charge in [-0.2, -0.15) is 0 Å². The third-order valence-electron chi connectivity index (χ3n) is 5.23. The Kier molecular flexibility index (Phi) is 10.8. The molecule has 2 N–H and O–H groups in total. The van der Waals surface area contributed by atoms with Crippen LogP contribution in [0.4, 0.5) is 0 Å². The highest BCUT2D eigenvalue weighted by Crippen LogP contribution is 2.23. The molecule has 152 valence electrons. The summed E-state index contributed by atoms with van der Waals surface area (Å²) in [6, 6.07) is 0.433. The van der Waals surface area contributed by atoms with Gasteiger partial charge in [-0.1, -0.05) is 19.3 Å². The van der Waals surface area contributed by atoms with E-state index >= 15 is 0 Å². The van der Waals surface area contributed by atoms with Gasteiger partial charge >= 0.3 is 0 Å². The lowest BCUT2D eigenvalue weighted by Gasteiger charge is -2.36. The molecule has 0 aromatic carbocycles. The molecule has 1 saturated carbocycles. The molecule has 1 aliphatic carbocycles. The first kappa shape index (κ1) is 23.4. The van der Waals surface area contributed by atoms with Crippen LogP contribution >= 0.6 is 24.0 Å². The van der Waals surface area contributed by atoms with Gasteiger partial charge in [0.1, 0.15) is 6.54 Å². The van der Waals surface area contributed by atoms with E-state index in [1.54, 1.807) is 26.1 Å². The number of methoxy groups -OCH3 is 1. The molecule has 26 heavy (non-hydrogen) atoms. The van der Waals surface area contributed by atoms with Crippen LogP contribution in [0.5, 0.6) is 0 Å². The number of ether oxygens (including phenoxy) is 2. The van der Waals surface area contributed by atoms with Crippen LogP contribution in [0.1, 0.15) is 44.9 Å². The van der Waals surface area contributed by atoms with Crippen molar-refractivity contribution in [1.29, 1.82) is 0 Å². The summed E-state index contributed by atoms with van der Waals surface area (Å²) in [5, 5.41) is 6.92. The summed E-state index contributed by atoms with van der Waals surface area (Å²) in [5.74, 6) is 0.710. The first-order valence-electron chi connectivity index (χ1n) is 9.42. The number of amides is 1. The summed E-state index contributed by atoms with van der Waals surface area (Å²) in [6.45, 7) is 2.26. The van der Waals surface area contributed by atoms with Gasteiger partial charge in [0.25, 0.3) is 0 Å². The highest BCUT2D eigenvalue weighted by molar-refractivity contribution is 14.0. The van der Waals surface area contributed by atoms with Crippen molar-refractivity contribution >= 4 is 35.8 Å². The average molecular weight is 482 g/mol. The fraction of sp³-hybridized carbons (Fsp3) is 0.889. The van der Waals surface area contributed by atoms with Gasteiger partial charge in [-0.05, 0) is 12.8 Å². The number of nitrogens with zero attached hydrogens (tertiary/aromatic N) is 2. The number of rotatable bonds is 6. The second kappa shape index (κ2) is 12.0. The number of likely N-dealkylation sites (N-methyl/N-ethyl adjacent to an activating group) is 1. The molecule has 1 saturated heterocycles. The number of carbonyl (C=O) groups excluding carboxylic acids is 1. The smallest absolute Gasteiger partial charge is 0.243 e. The molecule has 2 aliphatic rings. The zero-order valence-electron chi connectivity index (χ0n) is 16.4. The van der Waals surface area contributed by atoms with Crippen LogP contribution in [-0.2, 0) is 14.3 Å². The highest BCUT2D eigenvalue weighted by atomic mass is 127. The van der Waals surface area contributed by atoms with Gasteiger partial charge in [0.2, 0.25) is 5.91 Å². The predicted octanol–water partition coefficient (Wildman–Crippen LogP) is 1.76. The summed E-state index contributed by atoms with van der Waals surface area (Å²) in [5.41, 5.74) is -0.223. The molecule has 1 aliphatic heterocycles. The molecule has 8 heteroatoms. The molecule has 1 heterocycles. The van der Waals surface area contributed by atoms with Gasteiger partial charge in [-0.3, -0.25) is 4.79 Å². The van der Waals surface area contributed by atoms with E-state index in [9.17, 15) is 4.79 Å². The zero-order valence-corrected chi connectivity index (χ0v) is 18.7. The molecular formula is C18H35IN4O3. The highest BCUT2D eigenvalue weighted by Gasteiger charge is 2.32. The fourth-order valence-corrected chi connectivity index (χ4v) is 3.32. The number of halogens is 1. The van der Waals surface area contributed by atoms with Crippen LogP contribution in [-0.4, -0.2) is 75.9 Å². The van der Waals surface area contributed by atoms with Crippen molar-refractivity contribution in [1.82, 2.24) is 15.5 Å². The molecule has 0 aromatic heterocycles. The topological polar surface area (TPSA) is 75.2 Å². The Morgan fingerprint density at radius 1 is 1.23 bits per heavy atom. The van der Waals surface area contributed by atoms with Crippen molar-refractivity contribution in [2.75, 3.05) is 47.5 Å². The second-order valence-electron chi connectivity index (χ2n) is 7.29. The Hall–Kier alpha value is -0.610. The van der Waals surface area contributed by atoms with E-state index in [2.05, 4.69) is 15.6 Å². The molecule has 1 amide bonds. The van der Waals surface area contributed by atoms with E-state index in [1.807, 2.05) is 0 Å². The lowest BCUT2D eigenvalue weighted by Crippen LogP contribution is -2.52. The summed E-state index contributed by atoms with van der Waals surface area (Å²) in [6.07, 6.45) is 7.86. The van der Waals surface area contributed by atoms with Crippen LogP contribution in [0.3, 0.4) is 0 Å². The third-order valence-corrected chi connectivity index (χ3v) is 5.23. The molecule has 0 spiro atoms. The molecule has 0 bridgehead atoms. The lowest BCUT2D eigenvalue weighted by atomic mass is 9.94. The van der Waals surface area contributed by atoms with Crippen molar-refractivity contribution in [3.63, 3.8) is 0 Å². The van der Waals surface area contributed by atoms with Crippen LogP contribution < -0.4 is 10.6 Å². The van der Waals surface area contributed by atoms with E-state index in [0.29, 0.717) is 18.5 Å². The predicted molar refractivity (Wildman–Crippen MR) is 114 cm³/mol. The van der Waals surface area contributed by atoms with Crippen molar-refractivity contribution < 1.29 is 14.3 Å². The van der Waals surface area contributed by atoms with Crippen LogP contribution in [0.2, 0.25) is 0 Å². The minimum Gasteiger partial charge on any atom is -0.381 e. The van der Waals surface area contributed by atoms with E-state index in [4.69, 9.17) is 9.47 Å². The second-order valence-corrected chi connectivity index (χ2v) is 7.29. The normalized spacial score (nSPS) is 20.8. The molecule has 2 rings (SSSR count). The minimum absolute atomic E-state index is 0. The Balaban J connectivity index is 0.00000338. The van der Waals surface area contributed by atoms with Gasteiger partial charge < -0.3 is 25.0 Å². The van der Waals surface area contributed by atoms with Gasteiger partial charge in [0, 0.05) is 59.8 Å². The Labute approximate surface area is 174 Å². The SMILES string of the molecule is COC1(CNC(=NCC(=O)N(C)C)NC2CCCCC2)CCOCC1.I. The average Bonchev–Trinajstić information content (AvgIpc) is 2.65. The molecule has 2 fully saturated rings. The van der Waals surface area contributed by atoms with E-state index in [-0.39, 0.29) is 42.0 Å². The first-order valence-corrected chi connectivity index (χ1v) is 9.42. The van der Waals surface area contributed by atoms with E-state index in [0.717, 1.165) is 38.9 Å². The summed E-state index contributed by atoms with van der Waals surface area (Å²) in [4.78, 5) is 18.0. The Morgan fingerprint density at radius 2 is 1.88 bits per heavy atom. The largest absolute Gasteiger partial charge is 0.381 e. The fourth-order valence-electron chi connectivity index (χ4n) is 3.32. The zero-order chi connectivity index (χ0) is 18.1. The van der Waals surface area contributed by atoms with E-state index in [1.165, 1.54) is 19.3 Å². The molecule has 0 radical (unpaired) electrons. The van der Waals surface area contributed by atoms with E-state index < -0.39 is 0 Å². The summed E-state index contributed by atoms with van der Waals surface area (Å²) < 4.78 is 11.2. The van der Waals surface area contributed by atoms with Crippen molar-refractivity contribution in [3.8, 4) is 0 Å². The molecular weight excluding hydrogens is 447 g/mol. The Bertz CT molecular complexity index is 448. The van der Waals surface area contributed by atoms with Gasteiger partial charge in [0.15, 0.2) is 5.96 Å². The van der Waals surface area contributed by atoms with Crippen molar-refractivity contribution in [2.24, 2.45) is 4.99 Å².